The third-order valence-electron chi connectivity index (χ3n) is 7.92. The maximum absolute atomic E-state index is 12.3. The van der Waals surface area contributed by atoms with E-state index in [4.69, 9.17) is 31.4 Å². The summed E-state index contributed by atoms with van der Waals surface area (Å²) in [7, 11) is 1.45. The second-order valence-electron chi connectivity index (χ2n) is 12.6. The zero-order valence-corrected chi connectivity index (χ0v) is 28.4. The molecule has 0 unspecified atom stereocenters. The number of rotatable bonds is 10. The quantitative estimate of drug-likeness (QED) is 0.140. The van der Waals surface area contributed by atoms with E-state index in [1.165, 1.54) is 19.2 Å². The number of nitrogens with zero attached hydrogens (tertiary/aromatic N) is 6. The van der Waals surface area contributed by atoms with Gasteiger partial charge in [0.2, 0.25) is 17.8 Å². The van der Waals surface area contributed by atoms with Crippen molar-refractivity contribution in [2.24, 2.45) is 5.73 Å². The number of hydrogen-bond donors (Lipinski definition) is 4. The number of carboxylic acid groups (broad SMARTS) is 1. The van der Waals surface area contributed by atoms with Crippen molar-refractivity contribution >= 4 is 51.9 Å². The SMILES string of the molecule is COc1cc(C(=O)O)cc2nc(N)n(CC=CCn3c(N)nc4cc(C(N)=O)cc(OCC#CCN5CCN(C(=O)OC(C)(C)C)CC5)c43)c12. The van der Waals surface area contributed by atoms with E-state index in [1.807, 2.05) is 32.9 Å². The van der Waals surface area contributed by atoms with Crippen molar-refractivity contribution in [3.8, 4) is 23.3 Å². The van der Waals surface area contributed by atoms with Crippen LogP contribution in [0.3, 0.4) is 0 Å². The number of nitrogens with two attached hydrogens (primary N) is 3. The number of methoxy groups -OCH3 is 1. The standard InChI is InChI=1S/C34H41N9O7/c1-34(2,3)50-33(47)41-14-12-40(13-15-41)9-7-8-16-49-26-19-21(29(35)44)17-23-28(26)43(32(37)38-23)11-6-5-10-42-27-24(39-31(42)36)18-22(30(45)46)20-25(27)48-4/h5-6,17-20H,9-16H2,1-4H3,(H2,35,44)(H2,36,39)(H2,37,38)(H,45,46). The molecule has 5 rings (SSSR count). The molecule has 3 heterocycles. The highest BCUT2D eigenvalue weighted by Crippen LogP contribution is 2.31. The summed E-state index contributed by atoms with van der Waals surface area (Å²) >= 11 is 0. The molecule has 1 fully saturated rings. The van der Waals surface area contributed by atoms with Crippen LogP contribution in [0.1, 0.15) is 41.5 Å². The van der Waals surface area contributed by atoms with E-state index >= 15 is 0 Å². The van der Waals surface area contributed by atoms with Gasteiger partial charge in [0.15, 0.2) is 0 Å². The molecule has 1 saturated heterocycles. The number of fused-ring (bicyclic) bond motifs is 2. The average molecular weight is 688 g/mol. The van der Waals surface area contributed by atoms with Gasteiger partial charge in [-0.25, -0.2) is 19.6 Å². The van der Waals surface area contributed by atoms with Crippen LogP contribution in [0.25, 0.3) is 22.1 Å². The molecular formula is C34H41N9O7. The van der Waals surface area contributed by atoms with Crippen molar-refractivity contribution < 1.29 is 33.7 Å². The summed E-state index contributed by atoms with van der Waals surface area (Å²) in [5.41, 5.74) is 19.7. The Balaban J connectivity index is 1.26. The molecule has 0 bridgehead atoms. The number of carbonyl (C=O) groups excluding carboxylic acids is 2. The van der Waals surface area contributed by atoms with Gasteiger partial charge in [-0.15, -0.1) is 0 Å². The molecule has 1 aliphatic heterocycles. The summed E-state index contributed by atoms with van der Waals surface area (Å²) < 4.78 is 20.4. The van der Waals surface area contributed by atoms with Gasteiger partial charge >= 0.3 is 12.1 Å². The molecule has 2 aromatic heterocycles. The Morgan fingerprint density at radius 3 is 1.98 bits per heavy atom. The summed E-state index contributed by atoms with van der Waals surface area (Å²) in [4.78, 5) is 48.5. The maximum atomic E-state index is 12.3. The Morgan fingerprint density at radius 1 is 0.880 bits per heavy atom. The van der Waals surface area contributed by atoms with Crippen LogP contribution in [-0.2, 0) is 17.8 Å². The molecule has 1 aliphatic rings. The fourth-order valence-corrected chi connectivity index (χ4v) is 5.50. The van der Waals surface area contributed by atoms with Gasteiger partial charge < -0.3 is 50.6 Å². The number of aromatic nitrogens is 4. The third-order valence-corrected chi connectivity index (χ3v) is 7.92. The van der Waals surface area contributed by atoms with Crippen LogP contribution in [0.2, 0.25) is 0 Å². The minimum absolute atomic E-state index is 0.0362. The minimum Gasteiger partial charge on any atom is -0.494 e. The number of nitrogen functional groups attached to an aromatic ring is 2. The lowest BCUT2D eigenvalue weighted by atomic mass is 10.1. The highest BCUT2D eigenvalue weighted by molar-refractivity contribution is 5.99. The number of carboxylic acids is 1. The number of allylic oxidation sites excluding steroid dienone is 2. The number of ether oxygens (including phenoxy) is 3. The number of carbonyl (C=O) groups is 3. The van der Waals surface area contributed by atoms with Crippen LogP contribution < -0.4 is 26.7 Å². The van der Waals surface area contributed by atoms with E-state index in [0.29, 0.717) is 79.4 Å². The molecule has 0 spiro atoms. The highest BCUT2D eigenvalue weighted by Gasteiger charge is 2.25. The molecule has 16 nitrogen and oxygen atoms in total. The molecule has 2 amide bonds. The number of amides is 2. The number of primary amides is 1. The Hall–Kier alpha value is -5.95. The Labute approximate surface area is 288 Å². The van der Waals surface area contributed by atoms with Gasteiger partial charge in [0.05, 0.1) is 30.3 Å². The number of piperazine rings is 1. The minimum atomic E-state index is -1.10. The largest absolute Gasteiger partial charge is 0.494 e. The van der Waals surface area contributed by atoms with Gasteiger partial charge in [0.1, 0.15) is 34.7 Å². The molecule has 0 saturated carbocycles. The average Bonchev–Trinajstić information content (AvgIpc) is 3.55. The van der Waals surface area contributed by atoms with Gasteiger partial charge in [0, 0.05) is 44.8 Å². The van der Waals surface area contributed by atoms with Crippen LogP contribution in [0.4, 0.5) is 16.7 Å². The monoisotopic (exact) mass is 687 g/mol. The fourth-order valence-electron chi connectivity index (χ4n) is 5.50. The lowest BCUT2D eigenvalue weighted by Crippen LogP contribution is -2.50. The predicted octanol–water partition coefficient (Wildman–Crippen LogP) is 2.55. The Kier molecular flexibility index (Phi) is 10.4. The van der Waals surface area contributed by atoms with Gasteiger partial charge in [-0.1, -0.05) is 24.0 Å². The first-order valence-electron chi connectivity index (χ1n) is 15.9. The highest BCUT2D eigenvalue weighted by atomic mass is 16.6. The molecule has 4 aromatic rings. The number of benzene rings is 2. The van der Waals surface area contributed by atoms with Gasteiger partial charge in [0.25, 0.3) is 0 Å². The van der Waals surface area contributed by atoms with Gasteiger partial charge in [-0.05, 0) is 45.0 Å². The van der Waals surface area contributed by atoms with E-state index in [9.17, 15) is 19.5 Å². The second-order valence-corrected chi connectivity index (χ2v) is 12.6. The van der Waals surface area contributed by atoms with Crippen LogP contribution in [0, 0.1) is 11.8 Å². The molecule has 264 valence electrons. The number of aromatic carboxylic acids is 1. The summed E-state index contributed by atoms with van der Waals surface area (Å²) in [6.45, 7) is 9.12. The molecule has 16 heteroatoms. The zero-order valence-electron chi connectivity index (χ0n) is 28.4. The second kappa shape index (κ2) is 14.7. The van der Waals surface area contributed by atoms with Gasteiger partial charge in [-0.3, -0.25) is 9.69 Å². The Morgan fingerprint density at radius 2 is 1.44 bits per heavy atom. The summed E-state index contributed by atoms with van der Waals surface area (Å²) in [6, 6.07) is 5.96. The van der Waals surface area contributed by atoms with Crippen LogP contribution >= 0.6 is 0 Å². The smallest absolute Gasteiger partial charge is 0.410 e. The summed E-state index contributed by atoms with van der Waals surface area (Å²) in [5, 5.41) is 9.43. The topological polar surface area (TPSA) is 219 Å². The molecule has 50 heavy (non-hydrogen) atoms. The lowest BCUT2D eigenvalue weighted by molar-refractivity contribution is 0.0155. The van der Waals surface area contributed by atoms with Crippen molar-refractivity contribution in [2.45, 2.75) is 39.5 Å². The predicted molar refractivity (Wildman–Crippen MR) is 187 cm³/mol. The molecule has 7 N–H and O–H groups in total. The summed E-state index contributed by atoms with van der Waals surface area (Å²) in [5.74, 6) is 5.45. The number of imidazole rings is 2. The van der Waals surface area contributed by atoms with Crippen molar-refractivity contribution in [3.05, 3.63) is 47.5 Å². The van der Waals surface area contributed by atoms with Crippen LogP contribution in [-0.4, -0.2) is 104 Å². The van der Waals surface area contributed by atoms with E-state index in [2.05, 4.69) is 26.7 Å². The van der Waals surface area contributed by atoms with Crippen molar-refractivity contribution in [3.63, 3.8) is 0 Å². The third kappa shape index (κ3) is 8.01. The zero-order chi connectivity index (χ0) is 36.2. The van der Waals surface area contributed by atoms with Crippen molar-refractivity contribution in [1.29, 1.82) is 0 Å². The van der Waals surface area contributed by atoms with E-state index in [0.717, 1.165) is 0 Å². The number of anilines is 2. The molecule has 0 radical (unpaired) electrons. The first kappa shape index (κ1) is 35.4. The van der Waals surface area contributed by atoms with Crippen LogP contribution in [0.5, 0.6) is 11.5 Å². The van der Waals surface area contributed by atoms with Gasteiger partial charge in [-0.2, -0.15) is 0 Å². The first-order chi connectivity index (χ1) is 23.8. The molecule has 0 aliphatic carbocycles. The molecule has 0 atom stereocenters. The fraction of sp³-hybridized carbons (Fsp3) is 0.382. The van der Waals surface area contributed by atoms with E-state index < -0.39 is 17.5 Å². The van der Waals surface area contributed by atoms with E-state index in [1.54, 1.807) is 26.2 Å². The van der Waals surface area contributed by atoms with Crippen molar-refractivity contribution in [2.75, 3.05) is 57.9 Å². The lowest BCUT2D eigenvalue weighted by Gasteiger charge is -2.34. The Bertz CT molecular complexity index is 2020. The number of hydrogen-bond acceptors (Lipinski definition) is 11. The normalized spacial score (nSPS) is 13.8. The van der Waals surface area contributed by atoms with Crippen LogP contribution in [0.15, 0.2) is 36.4 Å². The van der Waals surface area contributed by atoms with E-state index in [-0.39, 0.29) is 35.7 Å². The molecular weight excluding hydrogens is 646 g/mol. The molecule has 2 aromatic carbocycles. The summed E-state index contributed by atoms with van der Waals surface area (Å²) in [6.07, 6.45) is 3.39. The van der Waals surface area contributed by atoms with Crippen molar-refractivity contribution in [1.82, 2.24) is 28.9 Å². The maximum Gasteiger partial charge on any atom is 0.410 e. The first-order valence-corrected chi connectivity index (χ1v) is 15.9.